The monoisotopic (exact) mass is 233 g/mol. The zero-order chi connectivity index (χ0) is 12.1. The number of amides is 1. The molecule has 0 aromatic heterocycles. The van der Waals surface area contributed by atoms with Crippen molar-refractivity contribution < 1.29 is 9.90 Å². The van der Waals surface area contributed by atoms with Crippen molar-refractivity contribution in [3.63, 3.8) is 0 Å². The van der Waals surface area contributed by atoms with Crippen LogP contribution in [0.2, 0.25) is 0 Å². The zero-order valence-corrected chi connectivity index (χ0v) is 9.98. The van der Waals surface area contributed by atoms with Gasteiger partial charge in [-0.2, -0.15) is 0 Å². The predicted molar refractivity (Wildman–Crippen MR) is 66.8 cm³/mol. The molecule has 1 aromatic carbocycles. The number of phenols is 1. The quantitative estimate of drug-likeness (QED) is 0.819. The minimum atomic E-state index is -0.00850. The van der Waals surface area contributed by atoms with E-state index < -0.39 is 0 Å². The Kier molecular flexibility index (Phi) is 4.02. The number of hydrogen-bond donors (Lipinski definition) is 2. The molecule has 3 heteroatoms. The zero-order valence-electron chi connectivity index (χ0n) is 9.98. The molecule has 1 aromatic rings. The normalized spacial score (nSPS) is 15.3. The molecular weight excluding hydrogens is 214 g/mol. The minimum Gasteiger partial charge on any atom is -0.508 e. The Labute approximate surface area is 102 Å². The second kappa shape index (κ2) is 5.71. The second-order valence-corrected chi connectivity index (χ2v) is 4.74. The molecular formula is C14H19NO2. The first-order valence-corrected chi connectivity index (χ1v) is 6.29. The molecule has 1 aliphatic carbocycles. The Balaban J connectivity index is 1.71. The summed E-state index contributed by atoms with van der Waals surface area (Å²) in [5.74, 6) is 1.01. The molecule has 92 valence electrons. The highest BCUT2D eigenvalue weighted by atomic mass is 16.3. The van der Waals surface area contributed by atoms with E-state index in [0.29, 0.717) is 5.56 Å². The summed E-state index contributed by atoms with van der Waals surface area (Å²) in [4.78, 5) is 11.6. The highest BCUT2D eigenvalue weighted by Crippen LogP contribution is 2.28. The van der Waals surface area contributed by atoms with Gasteiger partial charge in [-0.1, -0.05) is 37.5 Å². The lowest BCUT2D eigenvalue weighted by Crippen LogP contribution is -2.28. The van der Waals surface area contributed by atoms with Gasteiger partial charge in [0.15, 0.2) is 0 Å². The van der Waals surface area contributed by atoms with Gasteiger partial charge in [-0.15, -0.1) is 0 Å². The van der Waals surface area contributed by atoms with E-state index in [-0.39, 0.29) is 18.1 Å². The number of hydrogen-bond acceptors (Lipinski definition) is 2. The number of phenolic OH excluding ortho intramolecular Hbond substituents is 1. The van der Waals surface area contributed by atoms with Crippen molar-refractivity contribution in [1.82, 2.24) is 5.32 Å². The van der Waals surface area contributed by atoms with Gasteiger partial charge in [0.2, 0.25) is 5.91 Å². The van der Waals surface area contributed by atoms with Crippen LogP contribution in [0.15, 0.2) is 24.3 Å². The van der Waals surface area contributed by atoms with Crippen LogP contribution in [0, 0.1) is 5.92 Å². The fourth-order valence-corrected chi connectivity index (χ4v) is 2.09. The summed E-state index contributed by atoms with van der Waals surface area (Å²) in [5.41, 5.74) is 0.689. The van der Waals surface area contributed by atoms with Gasteiger partial charge in [0.25, 0.3) is 0 Å². The molecule has 0 bridgehead atoms. The Morgan fingerprint density at radius 1 is 1.35 bits per heavy atom. The van der Waals surface area contributed by atoms with Crippen LogP contribution in [0.3, 0.4) is 0 Å². The molecule has 0 aliphatic heterocycles. The molecule has 2 rings (SSSR count). The van der Waals surface area contributed by atoms with E-state index in [1.807, 2.05) is 6.07 Å². The minimum absolute atomic E-state index is 0.00850. The van der Waals surface area contributed by atoms with Crippen LogP contribution in [-0.2, 0) is 11.2 Å². The van der Waals surface area contributed by atoms with Crippen molar-refractivity contribution in [3.8, 4) is 5.75 Å². The number of carbonyl (C=O) groups excluding carboxylic acids is 1. The fraction of sp³-hybridized carbons (Fsp3) is 0.500. The largest absolute Gasteiger partial charge is 0.508 e. The second-order valence-electron chi connectivity index (χ2n) is 4.74. The molecule has 3 nitrogen and oxygen atoms in total. The summed E-state index contributed by atoms with van der Waals surface area (Å²) in [6.45, 7) is 0.761. The maximum atomic E-state index is 11.6. The number of carbonyl (C=O) groups is 1. The smallest absolute Gasteiger partial charge is 0.224 e. The molecule has 2 N–H and O–H groups in total. The van der Waals surface area contributed by atoms with Gasteiger partial charge in [-0.3, -0.25) is 4.79 Å². The first-order valence-electron chi connectivity index (χ1n) is 6.29. The summed E-state index contributed by atoms with van der Waals surface area (Å²) < 4.78 is 0. The van der Waals surface area contributed by atoms with Crippen molar-refractivity contribution in [2.45, 2.75) is 32.1 Å². The van der Waals surface area contributed by atoms with Crippen LogP contribution < -0.4 is 5.32 Å². The van der Waals surface area contributed by atoms with E-state index in [2.05, 4.69) is 5.32 Å². The Bertz CT molecular complexity index is 386. The van der Waals surface area contributed by atoms with Crippen LogP contribution in [0.4, 0.5) is 0 Å². The number of para-hydroxylation sites is 1. The lowest BCUT2D eigenvalue weighted by atomic mass is 9.83. The maximum Gasteiger partial charge on any atom is 0.224 e. The van der Waals surface area contributed by atoms with Crippen molar-refractivity contribution >= 4 is 5.91 Å². The van der Waals surface area contributed by atoms with Gasteiger partial charge >= 0.3 is 0 Å². The van der Waals surface area contributed by atoms with Crippen LogP contribution in [0.1, 0.15) is 31.2 Å². The molecule has 1 fully saturated rings. The molecule has 0 atom stereocenters. The SMILES string of the molecule is O=C(Cc1ccccc1O)NCCC1CCC1. The van der Waals surface area contributed by atoms with Crippen LogP contribution >= 0.6 is 0 Å². The molecule has 0 unspecified atom stereocenters. The highest BCUT2D eigenvalue weighted by Gasteiger charge is 2.16. The van der Waals surface area contributed by atoms with Crippen molar-refractivity contribution in [1.29, 1.82) is 0 Å². The average Bonchev–Trinajstić information content (AvgIpc) is 2.25. The molecule has 0 radical (unpaired) electrons. The molecule has 17 heavy (non-hydrogen) atoms. The van der Waals surface area contributed by atoms with E-state index in [1.165, 1.54) is 19.3 Å². The number of nitrogens with one attached hydrogen (secondary N) is 1. The third-order valence-electron chi connectivity index (χ3n) is 3.44. The summed E-state index contributed by atoms with van der Waals surface area (Å²) in [6, 6.07) is 6.97. The highest BCUT2D eigenvalue weighted by molar-refractivity contribution is 5.79. The number of aromatic hydroxyl groups is 1. The number of rotatable bonds is 5. The van der Waals surface area contributed by atoms with E-state index in [0.717, 1.165) is 18.9 Å². The summed E-state index contributed by atoms with van der Waals surface area (Å²) >= 11 is 0. The molecule has 0 spiro atoms. The summed E-state index contributed by atoms with van der Waals surface area (Å²) in [7, 11) is 0. The average molecular weight is 233 g/mol. The first-order chi connectivity index (χ1) is 8.25. The van der Waals surface area contributed by atoms with Crippen molar-refractivity contribution in [2.24, 2.45) is 5.92 Å². The van der Waals surface area contributed by atoms with Gasteiger partial charge in [0.05, 0.1) is 6.42 Å². The van der Waals surface area contributed by atoms with Crippen LogP contribution in [0.25, 0.3) is 0 Å². The van der Waals surface area contributed by atoms with E-state index in [4.69, 9.17) is 0 Å². The van der Waals surface area contributed by atoms with E-state index in [9.17, 15) is 9.90 Å². The van der Waals surface area contributed by atoms with Gasteiger partial charge < -0.3 is 10.4 Å². The third kappa shape index (κ3) is 3.48. The topological polar surface area (TPSA) is 49.3 Å². The summed E-state index contributed by atoms with van der Waals surface area (Å²) in [6.07, 6.45) is 5.32. The van der Waals surface area contributed by atoms with E-state index in [1.54, 1.807) is 18.2 Å². The Morgan fingerprint density at radius 3 is 2.76 bits per heavy atom. The van der Waals surface area contributed by atoms with E-state index >= 15 is 0 Å². The molecule has 0 saturated heterocycles. The maximum absolute atomic E-state index is 11.6. The number of benzene rings is 1. The van der Waals surface area contributed by atoms with Crippen molar-refractivity contribution in [3.05, 3.63) is 29.8 Å². The Hall–Kier alpha value is -1.51. The van der Waals surface area contributed by atoms with Gasteiger partial charge in [0, 0.05) is 12.1 Å². The van der Waals surface area contributed by atoms with Gasteiger partial charge in [-0.05, 0) is 18.4 Å². The third-order valence-corrected chi connectivity index (χ3v) is 3.44. The van der Waals surface area contributed by atoms with Crippen molar-refractivity contribution in [2.75, 3.05) is 6.54 Å². The van der Waals surface area contributed by atoms with Gasteiger partial charge in [-0.25, -0.2) is 0 Å². The molecule has 0 heterocycles. The Morgan fingerprint density at radius 2 is 2.12 bits per heavy atom. The van der Waals surface area contributed by atoms with Crippen LogP contribution in [-0.4, -0.2) is 17.6 Å². The van der Waals surface area contributed by atoms with Crippen LogP contribution in [0.5, 0.6) is 5.75 Å². The van der Waals surface area contributed by atoms with Gasteiger partial charge in [0.1, 0.15) is 5.75 Å². The fourth-order valence-electron chi connectivity index (χ4n) is 2.09. The molecule has 1 amide bonds. The lowest BCUT2D eigenvalue weighted by Gasteiger charge is -2.25. The first kappa shape index (κ1) is 12.0. The predicted octanol–water partition coefficient (Wildman–Crippen LogP) is 2.24. The lowest BCUT2D eigenvalue weighted by molar-refractivity contribution is -0.120. The molecule has 1 aliphatic rings. The summed E-state index contributed by atoms with van der Waals surface area (Å²) in [5, 5.41) is 12.4. The molecule has 1 saturated carbocycles. The standard InChI is InChI=1S/C14H19NO2/c16-13-7-2-1-6-12(13)10-14(17)15-9-8-11-4-3-5-11/h1-2,6-7,11,16H,3-5,8-10H2,(H,15,17).